The number of thiocarbonyl (C=S) groups is 2. The van der Waals surface area contributed by atoms with Crippen LogP contribution in [0.3, 0.4) is 0 Å². The molecule has 4 N–H and O–H groups in total. The van der Waals surface area contributed by atoms with Crippen molar-refractivity contribution in [3.63, 3.8) is 0 Å². The minimum absolute atomic E-state index is 0.0455. The van der Waals surface area contributed by atoms with Gasteiger partial charge in [0.25, 0.3) is 0 Å². The van der Waals surface area contributed by atoms with Crippen LogP contribution in [0.1, 0.15) is 203 Å². The fourth-order valence-corrected chi connectivity index (χ4v) is 13.3. The average molecular weight is 932 g/mol. The van der Waals surface area contributed by atoms with Gasteiger partial charge in [0.2, 0.25) is 5.91 Å². The van der Waals surface area contributed by atoms with Gasteiger partial charge in [-0.05, 0) is 149 Å². The van der Waals surface area contributed by atoms with E-state index in [9.17, 15) is 14.4 Å². The SMILES string of the molecule is CCCCCCCCN(CCCCCCCC)C(=O)CC[C@@H](C)[C@H]1CC[C@H]2[C@@H]3CC[C@@H]4C[C@H](OC(=O)CNC(=S)NCCC)CC[C@]4(C)[C@H]3C[C@H](OC(=O)CNC(=S)NCCC)[C@]12C. The maximum Gasteiger partial charge on any atom is 0.325 e. The van der Waals surface area contributed by atoms with Crippen LogP contribution in [0.15, 0.2) is 0 Å². The first-order valence-corrected chi connectivity index (χ1v) is 27.3. The average Bonchev–Trinajstić information content (AvgIpc) is 3.65. The summed E-state index contributed by atoms with van der Waals surface area (Å²) in [5.74, 6) is 2.43. The van der Waals surface area contributed by atoms with Crippen LogP contribution < -0.4 is 21.3 Å². The van der Waals surface area contributed by atoms with E-state index in [4.69, 9.17) is 33.9 Å². The summed E-state index contributed by atoms with van der Waals surface area (Å²) in [5.41, 5.74) is -0.0937. The van der Waals surface area contributed by atoms with Crippen LogP contribution in [0.25, 0.3) is 0 Å². The Balaban J connectivity index is 1.46. The monoisotopic (exact) mass is 932 g/mol. The first-order chi connectivity index (χ1) is 30.8. The van der Waals surface area contributed by atoms with Gasteiger partial charge in [-0.1, -0.05) is 113 Å². The van der Waals surface area contributed by atoms with Gasteiger partial charge in [0.1, 0.15) is 25.3 Å². The topological polar surface area (TPSA) is 121 Å². The van der Waals surface area contributed by atoms with Gasteiger partial charge in [0.15, 0.2) is 10.2 Å². The lowest BCUT2D eigenvalue weighted by Crippen LogP contribution is -2.60. The largest absolute Gasteiger partial charge is 0.461 e. The van der Waals surface area contributed by atoms with E-state index in [1.54, 1.807) is 0 Å². The first kappa shape index (κ1) is 54.4. The van der Waals surface area contributed by atoms with Gasteiger partial charge in [-0.3, -0.25) is 14.4 Å². The molecule has 0 aromatic carbocycles. The van der Waals surface area contributed by atoms with Crippen LogP contribution in [0, 0.1) is 46.3 Å². The molecule has 0 unspecified atom stereocenters. The first-order valence-electron chi connectivity index (χ1n) is 26.5. The lowest BCUT2D eigenvalue weighted by Gasteiger charge is -2.62. The molecular formula is C52H93N5O5S2. The number of hydrogen-bond donors (Lipinski definition) is 4. The second-order valence-corrected chi connectivity index (χ2v) is 21.8. The zero-order valence-electron chi connectivity index (χ0n) is 41.6. The molecule has 0 bridgehead atoms. The smallest absolute Gasteiger partial charge is 0.325 e. The highest BCUT2D eigenvalue weighted by Gasteiger charge is 2.65. The van der Waals surface area contributed by atoms with E-state index in [-0.39, 0.29) is 48.1 Å². The fourth-order valence-electron chi connectivity index (χ4n) is 13.0. The Morgan fingerprint density at radius 1 is 0.656 bits per heavy atom. The van der Waals surface area contributed by atoms with Crippen molar-refractivity contribution >= 4 is 52.5 Å². The van der Waals surface area contributed by atoms with E-state index >= 15 is 0 Å². The summed E-state index contributed by atoms with van der Waals surface area (Å²) in [7, 11) is 0. The standard InChI is InChI=1S/C52H93N5O5S2/c1-8-12-14-16-18-20-32-57(33-21-19-17-15-13-9-2)46(58)27-22-38(5)42-25-26-43-41-24-23-39-34-40(61-47(59)36-55-49(63)53-30-10-3)28-29-51(39,6)44(41)35-45(52(42,43)7)62-48(60)37-56-50(64)54-31-11-4/h38-45H,8-37H2,1-7H3,(H2,53,55,63)(H2,54,56,64)/t38-,39-,40-,41+,42-,43+,44+,45+,51+,52-/m1/s1. The molecule has 4 rings (SSSR count). The molecule has 0 aromatic rings. The third-order valence-corrected chi connectivity index (χ3v) is 17.2. The molecule has 0 heterocycles. The van der Waals surface area contributed by atoms with E-state index < -0.39 is 0 Å². The molecular weight excluding hydrogens is 839 g/mol. The zero-order chi connectivity index (χ0) is 46.5. The van der Waals surface area contributed by atoms with Crippen LogP contribution in [-0.2, 0) is 23.9 Å². The van der Waals surface area contributed by atoms with Crippen molar-refractivity contribution in [2.75, 3.05) is 39.3 Å². The summed E-state index contributed by atoms with van der Waals surface area (Å²) in [5, 5.41) is 13.4. The van der Waals surface area contributed by atoms with Crippen LogP contribution in [0.4, 0.5) is 0 Å². The highest BCUT2D eigenvalue weighted by Crippen LogP contribution is 2.69. The number of fused-ring (bicyclic) bond motifs is 5. The molecule has 12 heteroatoms. The van der Waals surface area contributed by atoms with Gasteiger partial charge in [-0.25, -0.2) is 0 Å². The van der Waals surface area contributed by atoms with E-state index in [1.807, 2.05) is 0 Å². The molecule has 4 aliphatic rings. The van der Waals surface area contributed by atoms with E-state index in [0.717, 1.165) is 110 Å². The zero-order valence-corrected chi connectivity index (χ0v) is 43.3. The van der Waals surface area contributed by atoms with Crippen molar-refractivity contribution in [2.24, 2.45) is 46.3 Å². The molecule has 0 spiro atoms. The van der Waals surface area contributed by atoms with Crippen molar-refractivity contribution < 1.29 is 23.9 Å². The van der Waals surface area contributed by atoms with Gasteiger partial charge < -0.3 is 35.6 Å². The molecule has 0 aliphatic heterocycles. The van der Waals surface area contributed by atoms with Gasteiger partial charge in [0, 0.05) is 38.0 Å². The molecule has 10 nitrogen and oxygen atoms in total. The minimum atomic E-state index is -0.252. The number of unbranched alkanes of at least 4 members (excludes halogenated alkanes) is 10. The van der Waals surface area contributed by atoms with Gasteiger partial charge in [-0.2, -0.15) is 0 Å². The lowest BCUT2D eigenvalue weighted by molar-refractivity contribution is -0.198. The van der Waals surface area contributed by atoms with Crippen LogP contribution in [-0.4, -0.2) is 84.4 Å². The highest BCUT2D eigenvalue weighted by molar-refractivity contribution is 7.80. The Morgan fingerprint density at radius 2 is 1.22 bits per heavy atom. The van der Waals surface area contributed by atoms with E-state index in [0.29, 0.717) is 58.1 Å². The van der Waals surface area contributed by atoms with Crippen molar-refractivity contribution in [3.8, 4) is 0 Å². The Morgan fingerprint density at radius 3 is 1.80 bits per heavy atom. The van der Waals surface area contributed by atoms with Crippen molar-refractivity contribution in [1.29, 1.82) is 0 Å². The molecule has 4 saturated carbocycles. The predicted octanol–water partition coefficient (Wildman–Crippen LogP) is 10.8. The lowest BCUT2D eigenvalue weighted by atomic mass is 9.43. The number of rotatable bonds is 28. The van der Waals surface area contributed by atoms with Crippen molar-refractivity contribution in [1.82, 2.24) is 26.2 Å². The third kappa shape index (κ3) is 15.7. The van der Waals surface area contributed by atoms with Gasteiger partial charge in [0.05, 0.1) is 0 Å². The Labute approximate surface area is 401 Å². The molecule has 0 saturated heterocycles. The molecule has 0 aromatic heterocycles. The molecule has 1 amide bonds. The number of carbonyl (C=O) groups is 3. The Bertz CT molecular complexity index is 1440. The maximum absolute atomic E-state index is 14.1. The quantitative estimate of drug-likeness (QED) is 0.0341. The van der Waals surface area contributed by atoms with E-state index in [1.165, 1.54) is 64.2 Å². The van der Waals surface area contributed by atoms with Crippen LogP contribution in [0.2, 0.25) is 0 Å². The predicted molar refractivity (Wildman–Crippen MR) is 270 cm³/mol. The molecule has 4 aliphatic carbocycles. The number of esters is 2. The number of nitrogens with one attached hydrogen (secondary N) is 4. The van der Waals surface area contributed by atoms with Crippen molar-refractivity contribution in [3.05, 3.63) is 0 Å². The van der Waals surface area contributed by atoms with Crippen LogP contribution in [0.5, 0.6) is 0 Å². The highest BCUT2D eigenvalue weighted by atomic mass is 32.1. The summed E-state index contributed by atoms with van der Waals surface area (Å²) in [6.45, 7) is 19.4. The van der Waals surface area contributed by atoms with Crippen molar-refractivity contribution in [2.45, 2.75) is 215 Å². The number of hydrogen-bond acceptors (Lipinski definition) is 7. The maximum atomic E-state index is 14.1. The third-order valence-electron chi connectivity index (χ3n) is 16.6. The van der Waals surface area contributed by atoms with E-state index in [2.05, 4.69) is 74.6 Å². The summed E-state index contributed by atoms with van der Waals surface area (Å²) >= 11 is 10.8. The molecule has 368 valence electrons. The number of nitrogens with zero attached hydrogens (tertiary/aromatic N) is 1. The molecule has 4 fully saturated rings. The molecule has 64 heavy (non-hydrogen) atoms. The number of ether oxygens (including phenoxy) is 2. The molecule has 10 atom stereocenters. The minimum Gasteiger partial charge on any atom is -0.461 e. The second kappa shape index (κ2) is 28.2. The van der Waals surface area contributed by atoms with Gasteiger partial charge in [-0.15, -0.1) is 0 Å². The number of amides is 1. The summed E-state index contributed by atoms with van der Waals surface area (Å²) in [4.78, 5) is 43.1. The Hall–Kier alpha value is -2.21. The summed E-state index contributed by atoms with van der Waals surface area (Å²) < 4.78 is 12.8. The number of carbonyl (C=O) groups excluding carboxylic acids is 3. The Kier molecular flexibility index (Phi) is 24.0. The summed E-state index contributed by atoms with van der Waals surface area (Å²) in [6.07, 6.45) is 26.0. The second-order valence-electron chi connectivity index (χ2n) is 21.0. The van der Waals surface area contributed by atoms with Gasteiger partial charge >= 0.3 is 11.9 Å². The summed E-state index contributed by atoms with van der Waals surface area (Å²) in [6, 6.07) is 0. The molecule has 0 radical (unpaired) electrons. The fraction of sp³-hybridized carbons (Fsp3) is 0.904. The normalized spacial score (nSPS) is 28.7. The van der Waals surface area contributed by atoms with Crippen LogP contribution >= 0.6 is 24.4 Å².